The van der Waals surface area contributed by atoms with Gasteiger partial charge in [-0.1, -0.05) is 325 Å². The molecule has 0 saturated heterocycles. The Bertz CT molecular complexity index is 1820. The summed E-state index contributed by atoms with van der Waals surface area (Å²) in [6.45, 7) is 11.8. The average molecular weight is 1370 g/mol. The molecular weight excluding hydrogens is 1220 g/mol. The number of rotatable bonds is 72. The van der Waals surface area contributed by atoms with Crippen molar-refractivity contribution in [3.8, 4) is 0 Å². The molecule has 0 rings (SSSR count). The highest BCUT2D eigenvalue weighted by atomic mass is 31.2. The summed E-state index contributed by atoms with van der Waals surface area (Å²) in [5, 5.41) is 10.6. The van der Waals surface area contributed by atoms with Crippen LogP contribution >= 0.6 is 15.6 Å². The molecule has 0 aromatic rings. The summed E-state index contributed by atoms with van der Waals surface area (Å²) in [6, 6.07) is 0. The van der Waals surface area contributed by atoms with Gasteiger partial charge in [-0.25, -0.2) is 9.13 Å². The zero-order chi connectivity index (χ0) is 68.7. The van der Waals surface area contributed by atoms with Gasteiger partial charge in [-0.3, -0.25) is 37.3 Å². The van der Waals surface area contributed by atoms with Crippen LogP contribution in [0.25, 0.3) is 0 Å². The topological polar surface area (TPSA) is 237 Å². The zero-order valence-electron chi connectivity index (χ0n) is 60.7. The third-order valence-electron chi connectivity index (χ3n) is 17.1. The second kappa shape index (κ2) is 64.7. The van der Waals surface area contributed by atoms with Crippen molar-refractivity contribution in [3.63, 3.8) is 0 Å². The molecule has 0 aliphatic heterocycles. The van der Waals surface area contributed by atoms with Crippen LogP contribution in [-0.4, -0.2) is 96.7 Å². The first-order valence-corrected chi connectivity index (χ1v) is 41.3. The number of hydrogen-bond donors (Lipinski definition) is 3. The van der Waals surface area contributed by atoms with Crippen LogP contribution in [0.15, 0.2) is 0 Å². The number of carbonyl (C=O) groups is 4. The number of phosphoric acid groups is 2. The number of phosphoric ester groups is 2. The molecule has 0 aliphatic rings. The number of hydrogen-bond acceptors (Lipinski definition) is 15. The Labute approximate surface area is 568 Å². The van der Waals surface area contributed by atoms with E-state index in [9.17, 15) is 43.2 Å². The predicted octanol–water partition coefficient (Wildman–Crippen LogP) is 21.4. The van der Waals surface area contributed by atoms with Gasteiger partial charge in [-0.15, -0.1) is 0 Å². The Morgan fingerprint density at radius 1 is 0.290 bits per heavy atom. The first-order chi connectivity index (χ1) is 44.7. The standard InChI is InChI=1S/C74H144O17P2/c1-8-9-10-11-12-13-14-15-16-17-18-19-20-21-22-23-24-36-43-50-57-73(78)90-69(61-84-71(76)55-48-41-34-28-25-31-38-45-52-65(2)3)63-88-92(80,81)86-59-68(75)60-87-93(82,83)89-64-70(91-74(79)58-51-44-37-30-27-33-40-47-54-67(6)7)62-85-72(77)56-49-42-35-29-26-32-39-46-53-66(4)5/h65-70,75H,8-64H2,1-7H3,(H,80,81)(H,82,83)/t68-,69-,70-/m1/s1. The van der Waals surface area contributed by atoms with Gasteiger partial charge in [-0.2, -0.15) is 0 Å². The molecule has 0 radical (unpaired) electrons. The molecule has 19 heteroatoms. The van der Waals surface area contributed by atoms with Crippen molar-refractivity contribution < 1.29 is 80.2 Å². The number of esters is 4. The molecule has 3 N–H and O–H groups in total. The Kier molecular flexibility index (Phi) is 63.4. The number of aliphatic hydroxyl groups is 1. The van der Waals surface area contributed by atoms with Crippen LogP contribution in [0, 0.1) is 17.8 Å². The molecule has 0 aliphatic carbocycles. The lowest BCUT2D eigenvalue weighted by molar-refractivity contribution is -0.161. The lowest BCUT2D eigenvalue weighted by atomic mass is 10.0. The lowest BCUT2D eigenvalue weighted by Gasteiger charge is -2.21. The molecule has 0 fully saturated rings. The summed E-state index contributed by atoms with van der Waals surface area (Å²) in [4.78, 5) is 72.7. The molecule has 17 nitrogen and oxygen atoms in total. The van der Waals surface area contributed by atoms with E-state index in [2.05, 4.69) is 48.5 Å². The Morgan fingerprint density at radius 3 is 0.731 bits per heavy atom. The largest absolute Gasteiger partial charge is 0.472 e. The van der Waals surface area contributed by atoms with Crippen molar-refractivity contribution in [3.05, 3.63) is 0 Å². The number of unbranched alkanes of at least 4 members (excludes halogenated alkanes) is 40. The minimum Gasteiger partial charge on any atom is -0.462 e. The van der Waals surface area contributed by atoms with Crippen molar-refractivity contribution in [2.75, 3.05) is 39.6 Å². The normalized spacial score (nSPS) is 14.1. The smallest absolute Gasteiger partial charge is 0.462 e. The summed E-state index contributed by atoms with van der Waals surface area (Å²) < 4.78 is 68.4. The van der Waals surface area contributed by atoms with Crippen LogP contribution in [0.3, 0.4) is 0 Å². The molecule has 552 valence electrons. The minimum atomic E-state index is -4.95. The molecule has 0 spiro atoms. The first kappa shape index (κ1) is 91.1. The van der Waals surface area contributed by atoms with E-state index in [-0.39, 0.29) is 25.7 Å². The lowest BCUT2D eigenvalue weighted by Crippen LogP contribution is -2.30. The number of ether oxygens (including phenoxy) is 4. The maximum atomic E-state index is 13.1. The fourth-order valence-corrected chi connectivity index (χ4v) is 12.8. The van der Waals surface area contributed by atoms with Gasteiger partial charge in [-0.05, 0) is 43.4 Å². The van der Waals surface area contributed by atoms with E-state index in [1.165, 1.54) is 186 Å². The Morgan fingerprint density at radius 2 is 0.495 bits per heavy atom. The van der Waals surface area contributed by atoms with Gasteiger partial charge in [0.1, 0.15) is 19.3 Å². The van der Waals surface area contributed by atoms with Gasteiger partial charge in [0.05, 0.1) is 26.4 Å². The fraction of sp³-hybridized carbons (Fsp3) is 0.946. The maximum absolute atomic E-state index is 13.1. The van der Waals surface area contributed by atoms with E-state index in [1.807, 2.05) is 0 Å². The molecule has 93 heavy (non-hydrogen) atoms. The third kappa shape index (κ3) is 68.4. The van der Waals surface area contributed by atoms with Gasteiger partial charge in [0.25, 0.3) is 0 Å². The first-order valence-electron chi connectivity index (χ1n) is 38.3. The number of aliphatic hydroxyl groups excluding tert-OH is 1. The van der Waals surface area contributed by atoms with Gasteiger partial charge < -0.3 is 33.8 Å². The molecule has 0 saturated carbocycles. The molecule has 0 aromatic carbocycles. The van der Waals surface area contributed by atoms with Gasteiger partial charge in [0.2, 0.25) is 0 Å². The molecule has 0 aromatic heterocycles. The second-order valence-electron chi connectivity index (χ2n) is 28.1. The fourth-order valence-electron chi connectivity index (χ4n) is 11.2. The summed E-state index contributed by atoms with van der Waals surface area (Å²) >= 11 is 0. The van der Waals surface area contributed by atoms with E-state index < -0.39 is 97.5 Å². The van der Waals surface area contributed by atoms with Crippen molar-refractivity contribution in [2.45, 2.75) is 394 Å². The molecule has 5 atom stereocenters. The zero-order valence-corrected chi connectivity index (χ0v) is 62.5. The van der Waals surface area contributed by atoms with Crippen LogP contribution in [-0.2, 0) is 65.4 Å². The van der Waals surface area contributed by atoms with E-state index in [0.29, 0.717) is 25.7 Å². The van der Waals surface area contributed by atoms with Gasteiger partial charge in [0, 0.05) is 25.7 Å². The van der Waals surface area contributed by atoms with Crippen LogP contribution in [0.5, 0.6) is 0 Å². The third-order valence-corrected chi connectivity index (χ3v) is 19.0. The van der Waals surface area contributed by atoms with E-state index in [4.69, 9.17) is 37.0 Å². The molecule has 0 amide bonds. The van der Waals surface area contributed by atoms with Crippen molar-refractivity contribution in [1.82, 2.24) is 0 Å². The van der Waals surface area contributed by atoms with Crippen molar-refractivity contribution >= 4 is 39.5 Å². The highest BCUT2D eigenvalue weighted by Crippen LogP contribution is 2.45. The summed E-state index contributed by atoms with van der Waals surface area (Å²) in [5.41, 5.74) is 0. The highest BCUT2D eigenvalue weighted by molar-refractivity contribution is 7.47. The minimum absolute atomic E-state index is 0.104. The second-order valence-corrected chi connectivity index (χ2v) is 31.0. The van der Waals surface area contributed by atoms with Crippen molar-refractivity contribution in [1.29, 1.82) is 0 Å². The molecule has 0 bridgehead atoms. The quantitative estimate of drug-likeness (QED) is 0.0222. The van der Waals surface area contributed by atoms with Crippen LogP contribution in [0.1, 0.15) is 376 Å². The Hall–Kier alpha value is -1.94. The molecule has 0 heterocycles. The van der Waals surface area contributed by atoms with Gasteiger partial charge >= 0.3 is 39.5 Å². The maximum Gasteiger partial charge on any atom is 0.472 e. The highest BCUT2D eigenvalue weighted by Gasteiger charge is 2.30. The average Bonchev–Trinajstić information content (AvgIpc) is 2.40. The summed E-state index contributed by atoms with van der Waals surface area (Å²) in [7, 11) is -9.91. The summed E-state index contributed by atoms with van der Waals surface area (Å²) in [6.07, 6.45) is 50.2. The van der Waals surface area contributed by atoms with Crippen LogP contribution < -0.4 is 0 Å². The predicted molar refractivity (Wildman–Crippen MR) is 377 cm³/mol. The van der Waals surface area contributed by atoms with Crippen LogP contribution in [0.2, 0.25) is 0 Å². The van der Waals surface area contributed by atoms with Crippen molar-refractivity contribution in [2.24, 2.45) is 17.8 Å². The SMILES string of the molecule is CCCCCCCCCCCCCCCCCCCCCCC(=O)O[C@H](COC(=O)CCCCCCCCCCC(C)C)COP(=O)(O)OC[C@@H](O)COP(=O)(O)OC[C@@H](COC(=O)CCCCCCCCCCC(C)C)OC(=O)CCCCCCCCCCC(C)C. The van der Waals surface area contributed by atoms with Gasteiger partial charge in [0.15, 0.2) is 12.2 Å². The monoisotopic (exact) mass is 1370 g/mol. The molecular formula is C74H144O17P2. The van der Waals surface area contributed by atoms with E-state index in [1.54, 1.807) is 0 Å². The number of carbonyl (C=O) groups excluding carboxylic acids is 4. The van der Waals surface area contributed by atoms with E-state index in [0.717, 1.165) is 108 Å². The molecule has 2 unspecified atom stereocenters. The summed E-state index contributed by atoms with van der Waals surface area (Å²) in [5.74, 6) is 0.0458. The Balaban J connectivity index is 5.20. The van der Waals surface area contributed by atoms with E-state index >= 15 is 0 Å². The van der Waals surface area contributed by atoms with Crippen LogP contribution in [0.4, 0.5) is 0 Å².